The van der Waals surface area contributed by atoms with Gasteiger partial charge in [-0.25, -0.2) is 9.97 Å². The normalized spacial score (nSPS) is 11.0. The summed E-state index contributed by atoms with van der Waals surface area (Å²) < 4.78 is 1.12. The largest absolute Gasteiger partial charge is 0.372 e. The smallest absolute Gasteiger partial charge is 0.161 e. The van der Waals surface area contributed by atoms with Gasteiger partial charge in [0.2, 0.25) is 0 Å². The molecule has 0 aliphatic rings. The third kappa shape index (κ3) is 3.93. The molecular formula is C17H22IN3. The second-order valence-electron chi connectivity index (χ2n) is 5.88. The SMILES string of the molecule is CNc1nc(-c2cc(C)cc(C)c2)nc(CC(C)C)c1I. The van der Waals surface area contributed by atoms with E-state index in [1.807, 2.05) is 7.05 Å². The second kappa shape index (κ2) is 6.73. The van der Waals surface area contributed by atoms with E-state index in [2.05, 4.69) is 78.8 Å². The Kier molecular flexibility index (Phi) is 5.19. The highest BCUT2D eigenvalue weighted by atomic mass is 127. The molecule has 1 N–H and O–H groups in total. The summed E-state index contributed by atoms with van der Waals surface area (Å²) in [6, 6.07) is 6.46. The molecule has 0 bridgehead atoms. The minimum atomic E-state index is 0.574. The maximum atomic E-state index is 4.81. The molecule has 4 heteroatoms. The van der Waals surface area contributed by atoms with Gasteiger partial charge in [-0.15, -0.1) is 0 Å². The average Bonchev–Trinajstić information content (AvgIpc) is 2.39. The Hall–Kier alpha value is -1.17. The fraction of sp³-hybridized carbons (Fsp3) is 0.412. The highest BCUT2D eigenvalue weighted by Crippen LogP contribution is 2.26. The molecule has 0 aliphatic carbocycles. The van der Waals surface area contributed by atoms with Gasteiger partial charge in [0.15, 0.2) is 5.82 Å². The molecule has 0 saturated carbocycles. The fourth-order valence-corrected chi connectivity index (χ4v) is 3.15. The molecule has 1 aromatic carbocycles. The number of nitrogens with zero attached hydrogens (tertiary/aromatic N) is 2. The van der Waals surface area contributed by atoms with Gasteiger partial charge < -0.3 is 5.32 Å². The van der Waals surface area contributed by atoms with Crippen molar-refractivity contribution in [2.24, 2.45) is 5.92 Å². The Morgan fingerprint density at radius 2 is 1.71 bits per heavy atom. The Labute approximate surface area is 140 Å². The molecule has 3 nitrogen and oxygen atoms in total. The van der Waals surface area contributed by atoms with E-state index in [0.717, 1.165) is 32.9 Å². The number of benzene rings is 1. The lowest BCUT2D eigenvalue weighted by Crippen LogP contribution is -2.08. The second-order valence-corrected chi connectivity index (χ2v) is 6.96. The van der Waals surface area contributed by atoms with Gasteiger partial charge in [0.1, 0.15) is 5.82 Å². The number of nitrogens with one attached hydrogen (secondary N) is 1. The number of hydrogen-bond acceptors (Lipinski definition) is 3. The predicted octanol–water partition coefficient (Wildman–Crippen LogP) is 4.61. The van der Waals surface area contributed by atoms with E-state index in [9.17, 15) is 0 Å². The fourth-order valence-electron chi connectivity index (χ4n) is 2.41. The van der Waals surface area contributed by atoms with Crippen molar-refractivity contribution >= 4 is 28.4 Å². The van der Waals surface area contributed by atoms with E-state index in [4.69, 9.17) is 4.98 Å². The van der Waals surface area contributed by atoms with Crippen LogP contribution in [0.2, 0.25) is 0 Å². The third-order valence-electron chi connectivity index (χ3n) is 3.24. The summed E-state index contributed by atoms with van der Waals surface area (Å²) >= 11 is 2.34. The van der Waals surface area contributed by atoms with E-state index in [0.29, 0.717) is 5.92 Å². The zero-order valence-corrected chi connectivity index (χ0v) is 15.4. The number of aromatic nitrogens is 2. The van der Waals surface area contributed by atoms with Crippen LogP contribution in [0.4, 0.5) is 5.82 Å². The van der Waals surface area contributed by atoms with E-state index in [-0.39, 0.29) is 0 Å². The lowest BCUT2D eigenvalue weighted by Gasteiger charge is -2.13. The van der Waals surface area contributed by atoms with Crippen LogP contribution in [0.25, 0.3) is 11.4 Å². The first-order chi connectivity index (χ1) is 9.90. The molecule has 0 spiro atoms. The van der Waals surface area contributed by atoms with Crippen molar-refractivity contribution in [3.8, 4) is 11.4 Å². The zero-order valence-electron chi connectivity index (χ0n) is 13.3. The van der Waals surface area contributed by atoms with Gasteiger partial charge in [-0.05, 0) is 60.9 Å². The molecule has 0 fully saturated rings. The van der Waals surface area contributed by atoms with Crippen molar-refractivity contribution < 1.29 is 0 Å². The van der Waals surface area contributed by atoms with Gasteiger partial charge in [0.05, 0.1) is 9.26 Å². The van der Waals surface area contributed by atoms with E-state index >= 15 is 0 Å². The zero-order chi connectivity index (χ0) is 15.6. The highest BCUT2D eigenvalue weighted by Gasteiger charge is 2.14. The molecule has 1 heterocycles. The number of halogens is 1. The van der Waals surface area contributed by atoms with Crippen LogP contribution in [-0.4, -0.2) is 17.0 Å². The molecule has 1 aromatic heterocycles. The molecule has 0 unspecified atom stereocenters. The molecule has 0 radical (unpaired) electrons. The Bertz CT molecular complexity index is 630. The van der Waals surface area contributed by atoms with Crippen molar-refractivity contribution in [2.45, 2.75) is 34.1 Å². The van der Waals surface area contributed by atoms with Crippen LogP contribution in [0, 0.1) is 23.3 Å². The minimum absolute atomic E-state index is 0.574. The number of anilines is 1. The summed E-state index contributed by atoms with van der Waals surface area (Å²) in [6.45, 7) is 8.65. The third-order valence-corrected chi connectivity index (χ3v) is 4.37. The number of hydrogen-bond donors (Lipinski definition) is 1. The molecule has 0 aliphatic heterocycles. The van der Waals surface area contributed by atoms with Gasteiger partial charge in [-0.2, -0.15) is 0 Å². The lowest BCUT2D eigenvalue weighted by atomic mass is 10.1. The van der Waals surface area contributed by atoms with Crippen molar-refractivity contribution in [2.75, 3.05) is 12.4 Å². The molecule has 0 atom stereocenters. The molecule has 2 aromatic rings. The molecule has 0 amide bonds. The Balaban J connectivity index is 2.57. The summed E-state index contributed by atoms with van der Waals surface area (Å²) in [5.74, 6) is 2.29. The van der Waals surface area contributed by atoms with Crippen molar-refractivity contribution in [3.63, 3.8) is 0 Å². The van der Waals surface area contributed by atoms with Gasteiger partial charge in [-0.3, -0.25) is 0 Å². The lowest BCUT2D eigenvalue weighted by molar-refractivity contribution is 0.632. The van der Waals surface area contributed by atoms with Crippen LogP contribution >= 0.6 is 22.6 Å². The van der Waals surface area contributed by atoms with Gasteiger partial charge >= 0.3 is 0 Å². The number of aryl methyl sites for hydroxylation is 2. The van der Waals surface area contributed by atoms with E-state index in [1.54, 1.807) is 0 Å². The van der Waals surface area contributed by atoms with Crippen molar-refractivity contribution in [3.05, 3.63) is 38.6 Å². The molecule has 21 heavy (non-hydrogen) atoms. The standard InChI is InChI=1S/C17H22IN3/c1-10(2)6-14-15(18)17(19-5)21-16(20-14)13-8-11(3)7-12(4)9-13/h7-10H,6H2,1-5H3,(H,19,20,21). The van der Waals surface area contributed by atoms with Gasteiger partial charge in [-0.1, -0.05) is 31.0 Å². The van der Waals surface area contributed by atoms with Crippen LogP contribution in [0.3, 0.4) is 0 Å². The predicted molar refractivity (Wildman–Crippen MR) is 97.7 cm³/mol. The van der Waals surface area contributed by atoms with Crippen molar-refractivity contribution in [1.82, 2.24) is 9.97 Å². The summed E-state index contributed by atoms with van der Waals surface area (Å²) in [7, 11) is 1.91. The molecule has 2 rings (SSSR count). The van der Waals surface area contributed by atoms with Crippen LogP contribution in [0.5, 0.6) is 0 Å². The van der Waals surface area contributed by atoms with E-state index in [1.165, 1.54) is 11.1 Å². The molecule has 0 saturated heterocycles. The molecular weight excluding hydrogens is 373 g/mol. The van der Waals surface area contributed by atoms with Crippen molar-refractivity contribution in [1.29, 1.82) is 0 Å². The summed E-state index contributed by atoms with van der Waals surface area (Å²) in [5, 5.41) is 3.19. The maximum absolute atomic E-state index is 4.81. The summed E-state index contributed by atoms with van der Waals surface area (Å²) in [5.41, 5.74) is 4.69. The van der Waals surface area contributed by atoms with Gasteiger partial charge in [0.25, 0.3) is 0 Å². The van der Waals surface area contributed by atoms with Gasteiger partial charge in [0, 0.05) is 12.6 Å². The Morgan fingerprint density at radius 3 is 2.24 bits per heavy atom. The maximum Gasteiger partial charge on any atom is 0.161 e. The number of rotatable bonds is 4. The van der Waals surface area contributed by atoms with Crippen LogP contribution in [0.15, 0.2) is 18.2 Å². The highest BCUT2D eigenvalue weighted by molar-refractivity contribution is 14.1. The summed E-state index contributed by atoms with van der Waals surface area (Å²) in [6.07, 6.45) is 0.966. The van der Waals surface area contributed by atoms with E-state index < -0.39 is 0 Å². The summed E-state index contributed by atoms with van der Waals surface area (Å²) in [4.78, 5) is 9.50. The first-order valence-electron chi connectivity index (χ1n) is 7.23. The molecule has 112 valence electrons. The Morgan fingerprint density at radius 1 is 1.10 bits per heavy atom. The first-order valence-corrected chi connectivity index (χ1v) is 8.31. The average molecular weight is 395 g/mol. The van der Waals surface area contributed by atoms with Crippen LogP contribution < -0.4 is 5.32 Å². The topological polar surface area (TPSA) is 37.8 Å². The van der Waals surface area contributed by atoms with Crippen LogP contribution in [0.1, 0.15) is 30.7 Å². The van der Waals surface area contributed by atoms with Crippen LogP contribution in [-0.2, 0) is 6.42 Å². The minimum Gasteiger partial charge on any atom is -0.372 e. The first kappa shape index (κ1) is 16.2. The quantitative estimate of drug-likeness (QED) is 0.769. The monoisotopic (exact) mass is 395 g/mol.